The van der Waals surface area contributed by atoms with Crippen molar-refractivity contribution in [3.05, 3.63) is 89.3 Å². The summed E-state index contributed by atoms with van der Waals surface area (Å²) in [7, 11) is 0. The smallest absolute Gasteiger partial charge is 0.257 e. The third-order valence-corrected chi connectivity index (χ3v) is 4.24. The lowest BCUT2D eigenvalue weighted by atomic mass is 10.2. The Balaban J connectivity index is 1.79. The van der Waals surface area contributed by atoms with Crippen LogP contribution < -0.4 is 0 Å². The van der Waals surface area contributed by atoms with Crippen LogP contribution in [0.3, 0.4) is 0 Å². The maximum Gasteiger partial charge on any atom is 0.257 e. The van der Waals surface area contributed by atoms with E-state index in [2.05, 4.69) is 4.98 Å². The van der Waals surface area contributed by atoms with Gasteiger partial charge in [-0.05, 0) is 36.8 Å². The highest BCUT2D eigenvalue weighted by molar-refractivity contribution is 5.94. The molecule has 3 aromatic rings. The molecule has 0 saturated carbocycles. The highest BCUT2D eigenvalue weighted by atomic mass is 19.2. The summed E-state index contributed by atoms with van der Waals surface area (Å²) >= 11 is 0. The first-order chi connectivity index (χ1) is 13.0. The molecule has 0 spiro atoms. The molecule has 140 valence electrons. The summed E-state index contributed by atoms with van der Waals surface area (Å²) in [4.78, 5) is 18.4. The van der Waals surface area contributed by atoms with E-state index in [1.165, 1.54) is 29.2 Å². The van der Waals surface area contributed by atoms with Crippen LogP contribution in [0, 0.1) is 17.5 Å². The lowest BCUT2D eigenvalue weighted by molar-refractivity contribution is 0.0742. The van der Waals surface area contributed by atoms with Crippen LogP contribution in [-0.4, -0.2) is 26.9 Å². The Morgan fingerprint density at radius 3 is 2.56 bits per heavy atom. The molecule has 3 rings (SSSR count). The molecule has 1 amide bonds. The van der Waals surface area contributed by atoms with Crippen LogP contribution in [-0.2, 0) is 13.1 Å². The van der Waals surface area contributed by atoms with Crippen molar-refractivity contribution in [3.63, 3.8) is 0 Å². The molecule has 27 heavy (non-hydrogen) atoms. The third-order valence-electron chi connectivity index (χ3n) is 4.24. The predicted octanol–water partition coefficient (Wildman–Crippen LogP) is 4.01. The third kappa shape index (κ3) is 4.19. The second-order valence-corrected chi connectivity index (χ2v) is 6.02. The van der Waals surface area contributed by atoms with Crippen molar-refractivity contribution < 1.29 is 18.0 Å². The molecular weight excluding hydrogens is 355 g/mol. The SMILES string of the molecule is CCN(Cc1nccn1Cc1ccc(F)c(F)c1)C(=O)c1ccccc1F. The van der Waals surface area contributed by atoms with E-state index in [-0.39, 0.29) is 18.7 Å². The molecule has 1 heterocycles. The minimum atomic E-state index is -0.918. The normalized spacial score (nSPS) is 10.8. The summed E-state index contributed by atoms with van der Waals surface area (Å²) in [5.41, 5.74) is 0.565. The maximum absolute atomic E-state index is 13.9. The summed E-state index contributed by atoms with van der Waals surface area (Å²) in [5, 5.41) is 0. The average molecular weight is 373 g/mol. The number of carbonyl (C=O) groups is 1. The van der Waals surface area contributed by atoms with Crippen LogP contribution >= 0.6 is 0 Å². The van der Waals surface area contributed by atoms with E-state index >= 15 is 0 Å². The van der Waals surface area contributed by atoms with E-state index in [4.69, 9.17) is 0 Å². The summed E-state index contributed by atoms with van der Waals surface area (Å²) < 4.78 is 42.2. The topological polar surface area (TPSA) is 38.1 Å². The van der Waals surface area contributed by atoms with Gasteiger partial charge in [0, 0.05) is 25.5 Å². The van der Waals surface area contributed by atoms with Gasteiger partial charge in [0.25, 0.3) is 5.91 Å². The van der Waals surface area contributed by atoms with Crippen molar-refractivity contribution in [2.24, 2.45) is 0 Å². The number of halogens is 3. The van der Waals surface area contributed by atoms with Gasteiger partial charge in [-0.3, -0.25) is 4.79 Å². The van der Waals surface area contributed by atoms with Crippen LogP contribution in [0.15, 0.2) is 54.9 Å². The largest absolute Gasteiger partial charge is 0.331 e. The summed E-state index contributed by atoms with van der Waals surface area (Å²) in [6.07, 6.45) is 3.26. The fourth-order valence-electron chi connectivity index (χ4n) is 2.77. The number of benzene rings is 2. The number of amides is 1. The number of aromatic nitrogens is 2. The fourth-order valence-corrected chi connectivity index (χ4v) is 2.77. The highest BCUT2D eigenvalue weighted by Crippen LogP contribution is 2.15. The molecule has 0 aliphatic carbocycles. The Morgan fingerprint density at radius 1 is 1.07 bits per heavy atom. The zero-order valence-electron chi connectivity index (χ0n) is 14.7. The average Bonchev–Trinajstić information content (AvgIpc) is 3.09. The molecule has 2 aromatic carbocycles. The second-order valence-electron chi connectivity index (χ2n) is 6.02. The Morgan fingerprint density at radius 2 is 1.85 bits per heavy atom. The molecule has 0 fully saturated rings. The molecule has 0 N–H and O–H groups in total. The van der Waals surface area contributed by atoms with Gasteiger partial charge in [0.2, 0.25) is 0 Å². The lowest BCUT2D eigenvalue weighted by Crippen LogP contribution is -2.32. The number of hydrogen-bond donors (Lipinski definition) is 0. The Labute approximate surface area is 154 Å². The summed E-state index contributed by atoms with van der Waals surface area (Å²) in [5.74, 6) is -2.27. The quantitative estimate of drug-likeness (QED) is 0.655. The van der Waals surface area contributed by atoms with Gasteiger partial charge in [-0.2, -0.15) is 0 Å². The molecule has 0 unspecified atom stereocenters. The van der Waals surface area contributed by atoms with Gasteiger partial charge in [-0.15, -0.1) is 0 Å². The lowest BCUT2D eigenvalue weighted by Gasteiger charge is -2.21. The first kappa shape index (κ1) is 18.7. The van der Waals surface area contributed by atoms with Crippen LogP contribution in [0.4, 0.5) is 13.2 Å². The van der Waals surface area contributed by atoms with E-state index < -0.39 is 23.4 Å². The molecule has 0 radical (unpaired) electrons. The van der Waals surface area contributed by atoms with Crippen LogP contribution in [0.1, 0.15) is 28.7 Å². The molecule has 4 nitrogen and oxygen atoms in total. The second kappa shape index (κ2) is 8.07. The monoisotopic (exact) mass is 373 g/mol. The Kier molecular flexibility index (Phi) is 5.59. The van der Waals surface area contributed by atoms with Gasteiger partial charge in [0.15, 0.2) is 11.6 Å². The maximum atomic E-state index is 13.9. The van der Waals surface area contributed by atoms with Crippen molar-refractivity contribution in [1.82, 2.24) is 14.5 Å². The number of imidazole rings is 1. The van der Waals surface area contributed by atoms with Gasteiger partial charge >= 0.3 is 0 Å². The zero-order chi connectivity index (χ0) is 19.4. The van der Waals surface area contributed by atoms with Crippen molar-refractivity contribution in [3.8, 4) is 0 Å². The van der Waals surface area contributed by atoms with Gasteiger partial charge < -0.3 is 9.47 Å². The van der Waals surface area contributed by atoms with E-state index in [1.54, 1.807) is 30.0 Å². The van der Waals surface area contributed by atoms with Crippen LogP contribution in [0.2, 0.25) is 0 Å². The van der Waals surface area contributed by atoms with Gasteiger partial charge in [0.05, 0.1) is 12.1 Å². The van der Waals surface area contributed by atoms with Gasteiger partial charge in [-0.25, -0.2) is 18.2 Å². The summed E-state index contributed by atoms with van der Waals surface area (Å²) in [6, 6.07) is 9.50. The predicted molar refractivity (Wildman–Crippen MR) is 94.5 cm³/mol. The van der Waals surface area contributed by atoms with Crippen molar-refractivity contribution in [2.45, 2.75) is 20.0 Å². The molecule has 0 atom stereocenters. The Hall–Kier alpha value is -3.09. The highest BCUT2D eigenvalue weighted by Gasteiger charge is 2.19. The zero-order valence-corrected chi connectivity index (χ0v) is 14.7. The van der Waals surface area contributed by atoms with Crippen molar-refractivity contribution in [2.75, 3.05) is 6.54 Å². The number of rotatable bonds is 6. The molecule has 0 aliphatic heterocycles. The molecule has 0 aliphatic rings. The number of hydrogen-bond acceptors (Lipinski definition) is 2. The van der Waals surface area contributed by atoms with Crippen molar-refractivity contribution in [1.29, 1.82) is 0 Å². The first-order valence-electron chi connectivity index (χ1n) is 8.47. The van der Waals surface area contributed by atoms with E-state index in [0.29, 0.717) is 17.9 Å². The molecule has 0 saturated heterocycles. The minimum absolute atomic E-state index is 0.00179. The van der Waals surface area contributed by atoms with E-state index in [0.717, 1.165) is 12.1 Å². The van der Waals surface area contributed by atoms with Crippen LogP contribution in [0.25, 0.3) is 0 Å². The van der Waals surface area contributed by atoms with E-state index in [9.17, 15) is 18.0 Å². The first-order valence-corrected chi connectivity index (χ1v) is 8.47. The standard InChI is InChI=1S/C20H18F3N3O/c1-2-25(20(27)15-5-3-4-6-16(15)21)13-19-24-9-10-26(19)12-14-7-8-17(22)18(23)11-14/h3-11H,2,12-13H2,1H3. The Bertz CT molecular complexity index is 955. The molecule has 1 aromatic heterocycles. The molecule has 0 bridgehead atoms. The molecular formula is C20H18F3N3O. The minimum Gasteiger partial charge on any atom is -0.331 e. The number of nitrogens with zero attached hydrogens (tertiary/aromatic N) is 3. The molecule has 7 heteroatoms. The summed E-state index contributed by atoms with van der Waals surface area (Å²) in [6.45, 7) is 2.60. The fraction of sp³-hybridized carbons (Fsp3) is 0.200. The van der Waals surface area contributed by atoms with Crippen molar-refractivity contribution >= 4 is 5.91 Å². The van der Waals surface area contributed by atoms with E-state index in [1.807, 2.05) is 0 Å². The number of carbonyl (C=O) groups excluding carboxylic acids is 1. The van der Waals surface area contributed by atoms with Crippen LogP contribution in [0.5, 0.6) is 0 Å². The van der Waals surface area contributed by atoms with Gasteiger partial charge in [-0.1, -0.05) is 18.2 Å². The van der Waals surface area contributed by atoms with Gasteiger partial charge in [0.1, 0.15) is 11.6 Å².